The molecule has 160 valence electrons. The molecule has 2 heterocycles. The molecule has 3 aromatic rings. The van der Waals surface area contributed by atoms with Gasteiger partial charge in [0.25, 0.3) is 0 Å². The number of hydrogen-bond acceptors (Lipinski definition) is 5. The highest BCUT2D eigenvalue weighted by Gasteiger charge is 2.26. The highest BCUT2D eigenvalue weighted by Crippen LogP contribution is 2.30. The lowest BCUT2D eigenvalue weighted by molar-refractivity contribution is -0.136. The number of anilines is 1. The van der Waals surface area contributed by atoms with Crippen LogP contribution >= 0.6 is 11.3 Å². The molecule has 31 heavy (non-hydrogen) atoms. The SMILES string of the molecule is COc1cccc(NC(=O)C(=O)NC[C@@H](c2cccs2)N2CCc3ccccc3C2)c1. The summed E-state index contributed by atoms with van der Waals surface area (Å²) < 4.78 is 5.15. The molecule has 1 aliphatic rings. The quantitative estimate of drug-likeness (QED) is 0.581. The number of amides is 2. The van der Waals surface area contributed by atoms with Crippen molar-refractivity contribution in [2.45, 2.75) is 19.0 Å². The third-order valence-corrected chi connectivity index (χ3v) is 6.44. The number of benzene rings is 2. The molecule has 0 aliphatic carbocycles. The van der Waals surface area contributed by atoms with Gasteiger partial charge in [-0.15, -0.1) is 11.3 Å². The molecule has 0 saturated heterocycles. The summed E-state index contributed by atoms with van der Waals surface area (Å²) in [6.07, 6.45) is 0.975. The van der Waals surface area contributed by atoms with Crippen LogP contribution in [0.2, 0.25) is 0 Å². The van der Waals surface area contributed by atoms with Crippen LogP contribution in [0.5, 0.6) is 5.75 Å². The van der Waals surface area contributed by atoms with Gasteiger partial charge in [0.2, 0.25) is 0 Å². The Balaban J connectivity index is 1.41. The highest BCUT2D eigenvalue weighted by molar-refractivity contribution is 7.10. The average Bonchev–Trinajstić information content (AvgIpc) is 3.33. The Kier molecular flexibility index (Phi) is 6.64. The Morgan fingerprint density at radius 2 is 1.90 bits per heavy atom. The molecular weight excluding hydrogens is 410 g/mol. The summed E-state index contributed by atoms with van der Waals surface area (Å²) in [4.78, 5) is 28.4. The third-order valence-electron chi connectivity index (χ3n) is 5.46. The summed E-state index contributed by atoms with van der Waals surface area (Å²) in [5.74, 6) is -0.731. The number of rotatable bonds is 6. The van der Waals surface area contributed by atoms with Crippen LogP contribution in [0.1, 0.15) is 22.0 Å². The third kappa shape index (κ3) is 5.13. The van der Waals surface area contributed by atoms with Gasteiger partial charge >= 0.3 is 11.8 Å². The largest absolute Gasteiger partial charge is 0.497 e. The van der Waals surface area contributed by atoms with Gasteiger partial charge in [0.05, 0.1) is 13.2 Å². The summed E-state index contributed by atoms with van der Waals surface area (Å²) in [6, 6.07) is 19.5. The van der Waals surface area contributed by atoms with Crippen molar-refractivity contribution in [1.29, 1.82) is 0 Å². The van der Waals surface area contributed by atoms with Gasteiger partial charge in [-0.2, -0.15) is 0 Å². The van der Waals surface area contributed by atoms with E-state index in [2.05, 4.69) is 45.9 Å². The van der Waals surface area contributed by atoms with Gasteiger partial charge in [-0.05, 0) is 41.1 Å². The summed E-state index contributed by atoms with van der Waals surface area (Å²) in [5, 5.41) is 7.49. The molecule has 0 unspecified atom stereocenters. The van der Waals surface area contributed by atoms with Gasteiger partial charge in [0, 0.05) is 36.3 Å². The van der Waals surface area contributed by atoms with Crippen LogP contribution in [-0.2, 0) is 22.6 Å². The lowest BCUT2D eigenvalue weighted by Crippen LogP contribution is -2.43. The number of carbonyl (C=O) groups excluding carboxylic acids is 2. The number of nitrogens with one attached hydrogen (secondary N) is 2. The first-order chi connectivity index (χ1) is 15.1. The summed E-state index contributed by atoms with van der Waals surface area (Å²) in [6.45, 7) is 2.10. The van der Waals surface area contributed by atoms with Crippen molar-refractivity contribution in [3.05, 3.63) is 82.0 Å². The monoisotopic (exact) mass is 435 g/mol. The standard InChI is InChI=1S/C24H25N3O3S/c1-30-20-9-4-8-19(14-20)26-24(29)23(28)25-15-21(22-10-5-13-31-22)27-12-11-17-6-2-3-7-18(17)16-27/h2-10,13-14,21H,11-12,15-16H2,1H3,(H,25,28)(H,26,29)/t21-/m0/s1. The Morgan fingerprint density at radius 1 is 1.06 bits per heavy atom. The number of nitrogens with zero attached hydrogens (tertiary/aromatic N) is 1. The molecule has 0 spiro atoms. The minimum Gasteiger partial charge on any atom is -0.497 e. The molecule has 0 bridgehead atoms. The van der Waals surface area contributed by atoms with E-state index in [1.165, 1.54) is 16.0 Å². The highest BCUT2D eigenvalue weighted by atomic mass is 32.1. The number of hydrogen-bond donors (Lipinski definition) is 2. The topological polar surface area (TPSA) is 70.7 Å². The van der Waals surface area contributed by atoms with E-state index in [9.17, 15) is 9.59 Å². The van der Waals surface area contributed by atoms with E-state index in [-0.39, 0.29) is 6.04 Å². The van der Waals surface area contributed by atoms with Crippen LogP contribution in [0.3, 0.4) is 0 Å². The molecule has 0 fully saturated rings. The van der Waals surface area contributed by atoms with Gasteiger partial charge in [0.15, 0.2) is 0 Å². The van der Waals surface area contributed by atoms with Crippen molar-refractivity contribution >= 4 is 28.8 Å². The Bertz CT molecular complexity index is 1050. The number of thiophene rings is 1. The van der Waals surface area contributed by atoms with E-state index in [1.807, 2.05) is 11.4 Å². The predicted molar refractivity (Wildman–Crippen MR) is 122 cm³/mol. The van der Waals surface area contributed by atoms with Crippen LogP contribution in [0.25, 0.3) is 0 Å². The van der Waals surface area contributed by atoms with Crippen molar-refractivity contribution in [3.63, 3.8) is 0 Å². The predicted octanol–water partition coefficient (Wildman–Crippen LogP) is 3.61. The molecular formula is C24H25N3O3S. The zero-order valence-corrected chi connectivity index (χ0v) is 18.2. The Morgan fingerprint density at radius 3 is 2.68 bits per heavy atom. The van der Waals surface area contributed by atoms with Gasteiger partial charge < -0.3 is 15.4 Å². The molecule has 7 heteroatoms. The fourth-order valence-electron chi connectivity index (χ4n) is 3.83. The van der Waals surface area contributed by atoms with Crippen molar-refractivity contribution in [2.24, 2.45) is 0 Å². The first kappa shape index (κ1) is 21.1. The number of ether oxygens (including phenoxy) is 1. The van der Waals surface area contributed by atoms with E-state index in [0.717, 1.165) is 19.5 Å². The van der Waals surface area contributed by atoms with E-state index in [0.29, 0.717) is 18.0 Å². The molecule has 2 aromatic carbocycles. The Labute approximate surface area is 185 Å². The zero-order chi connectivity index (χ0) is 21.6. The first-order valence-electron chi connectivity index (χ1n) is 10.2. The van der Waals surface area contributed by atoms with Crippen LogP contribution < -0.4 is 15.4 Å². The van der Waals surface area contributed by atoms with Crippen LogP contribution in [0.4, 0.5) is 5.69 Å². The molecule has 4 rings (SSSR count). The molecule has 2 amide bonds. The van der Waals surface area contributed by atoms with Gasteiger partial charge in [-0.1, -0.05) is 36.4 Å². The van der Waals surface area contributed by atoms with Gasteiger partial charge in [0.1, 0.15) is 5.75 Å². The van der Waals surface area contributed by atoms with Crippen LogP contribution in [0, 0.1) is 0 Å². The summed E-state index contributed by atoms with van der Waals surface area (Å²) >= 11 is 1.67. The minimum absolute atomic E-state index is 0.0157. The van der Waals surface area contributed by atoms with Gasteiger partial charge in [-0.25, -0.2) is 0 Å². The fourth-order valence-corrected chi connectivity index (χ4v) is 4.69. The second kappa shape index (κ2) is 9.76. The van der Waals surface area contributed by atoms with Gasteiger partial charge in [-0.3, -0.25) is 14.5 Å². The first-order valence-corrected chi connectivity index (χ1v) is 11.1. The van der Waals surface area contributed by atoms with E-state index >= 15 is 0 Å². The second-order valence-corrected chi connectivity index (χ2v) is 8.40. The normalized spacial score (nSPS) is 14.4. The Hall–Kier alpha value is -3.16. The molecule has 6 nitrogen and oxygen atoms in total. The molecule has 2 N–H and O–H groups in total. The molecule has 0 saturated carbocycles. The molecule has 1 aromatic heterocycles. The fraction of sp³-hybridized carbons (Fsp3) is 0.250. The number of carbonyl (C=O) groups is 2. The maximum absolute atomic E-state index is 12.5. The number of fused-ring (bicyclic) bond motifs is 1. The van der Waals surface area contributed by atoms with E-state index in [1.54, 1.807) is 42.7 Å². The van der Waals surface area contributed by atoms with E-state index < -0.39 is 11.8 Å². The van der Waals surface area contributed by atoms with Crippen LogP contribution in [-0.4, -0.2) is 36.9 Å². The maximum Gasteiger partial charge on any atom is 0.313 e. The molecule has 1 aliphatic heterocycles. The van der Waals surface area contributed by atoms with Crippen molar-refractivity contribution in [2.75, 3.05) is 25.5 Å². The molecule has 0 radical (unpaired) electrons. The minimum atomic E-state index is -0.692. The summed E-state index contributed by atoms with van der Waals surface area (Å²) in [5.41, 5.74) is 3.21. The lowest BCUT2D eigenvalue weighted by Gasteiger charge is -2.35. The van der Waals surface area contributed by atoms with Crippen LogP contribution in [0.15, 0.2) is 66.0 Å². The second-order valence-electron chi connectivity index (χ2n) is 7.42. The van der Waals surface area contributed by atoms with E-state index in [4.69, 9.17) is 4.74 Å². The zero-order valence-electron chi connectivity index (χ0n) is 17.3. The van der Waals surface area contributed by atoms with Crippen molar-refractivity contribution in [3.8, 4) is 5.75 Å². The lowest BCUT2D eigenvalue weighted by atomic mass is 9.98. The molecule has 1 atom stereocenters. The van der Waals surface area contributed by atoms with Crippen molar-refractivity contribution < 1.29 is 14.3 Å². The van der Waals surface area contributed by atoms with Crippen molar-refractivity contribution in [1.82, 2.24) is 10.2 Å². The maximum atomic E-state index is 12.5. The number of methoxy groups -OCH3 is 1. The smallest absolute Gasteiger partial charge is 0.313 e. The summed E-state index contributed by atoms with van der Waals surface area (Å²) in [7, 11) is 1.55. The average molecular weight is 436 g/mol.